The summed E-state index contributed by atoms with van der Waals surface area (Å²) < 4.78 is 16.2. The van der Waals surface area contributed by atoms with Crippen molar-refractivity contribution in [2.45, 2.75) is 31.7 Å². The molecule has 0 bridgehead atoms. The average molecular weight is 265 g/mol. The summed E-state index contributed by atoms with van der Waals surface area (Å²) in [5, 5.41) is 3.52. The molecule has 0 amide bonds. The summed E-state index contributed by atoms with van der Waals surface area (Å²) >= 11 is 0. The van der Waals surface area contributed by atoms with Crippen LogP contribution >= 0.6 is 0 Å². The Labute approximate surface area is 115 Å². The fourth-order valence-corrected chi connectivity index (χ4v) is 2.62. The number of rotatable bonds is 4. The smallest absolute Gasteiger partial charge is 0.203 e. The van der Waals surface area contributed by atoms with Gasteiger partial charge in [-0.1, -0.05) is 0 Å². The molecule has 1 saturated heterocycles. The molecule has 106 valence electrons. The van der Waals surface area contributed by atoms with E-state index >= 15 is 0 Å². The van der Waals surface area contributed by atoms with Crippen LogP contribution in [0.15, 0.2) is 12.1 Å². The Balaban J connectivity index is 2.30. The third-order valence-corrected chi connectivity index (χ3v) is 3.82. The zero-order valence-electron chi connectivity index (χ0n) is 12.2. The van der Waals surface area contributed by atoms with Gasteiger partial charge in [0.05, 0.1) is 21.3 Å². The second-order valence-corrected chi connectivity index (χ2v) is 5.04. The summed E-state index contributed by atoms with van der Waals surface area (Å²) in [6.07, 6.45) is 2.38. The molecule has 1 aliphatic heterocycles. The third-order valence-electron chi connectivity index (χ3n) is 3.82. The van der Waals surface area contributed by atoms with Gasteiger partial charge >= 0.3 is 0 Å². The van der Waals surface area contributed by atoms with Crippen molar-refractivity contribution in [3.05, 3.63) is 17.7 Å². The number of ether oxygens (including phenoxy) is 3. The van der Waals surface area contributed by atoms with Gasteiger partial charge in [-0.25, -0.2) is 0 Å². The minimum Gasteiger partial charge on any atom is -0.493 e. The quantitative estimate of drug-likeness (QED) is 0.908. The molecule has 0 saturated carbocycles. The highest BCUT2D eigenvalue weighted by Crippen LogP contribution is 2.41. The van der Waals surface area contributed by atoms with E-state index in [-0.39, 0.29) is 0 Å². The predicted octanol–water partition coefficient (Wildman–Crippen LogP) is 2.57. The summed E-state index contributed by atoms with van der Waals surface area (Å²) in [4.78, 5) is 0. The van der Waals surface area contributed by atoms with E-state index in [1.54, 1.807) is 21.3 Å². The van der Waals surface area contributed by atoms with E-state index in [2.05, 4.69) is 24.4 Å². The first kappa shape index (κ1) is 14.0. The van der Waals surface area contributed by atoms with Gasteiger partial charge in [0.2, 0.25) is 5.75 Å². The molecular formula is C15H23NO3. The molecule has 1 N–H and O–H groups in total. The Morgan fingerprint density at radius 2 is 1.63 bits per heavy atom. The zero-order chi connectivity index (χ0) is 13.8. The molecule has 0 spiro atoms. The highest BCUT2D eigenvalue weighted by Gasteiger charge is 2.22. The minimum absolute atomic E-state index is 0.505. The second-order valence-electron chi connectivity index (χ2n) is 5.04. The lowest BCUT2D eigenvalue weighted by atomic mass is 9.89. The predicted molar refractivity (Wildman–Crippen MR) is 75.5 cm³/mol. The minimum atomic E-state index is 0.505. The fraction of sp³-hybridized carbons (Fsp3) is 0.600. The zero-order valence-corrected chi connectivity index (χ0v) is 12.2. The molecule has 2 unspecified atom stereocenters. The van der Waals surface area contributed by atoms with Crippen molar-refractivity contribution >= 4 is 0 Å². The molecule has 2 atom stereocenters. The maximum absolute atomic E-state index is 5.41. The van der Waals surface area contributed by atoms with Crippen LogP contribution in [0.1, 0.15) is 31.2 Å². The average Bonchev–Trinajstić information content (AvgIpc) is 2.46. The number of methoxy groups -OCH3 is 3. The summed E-state index contributed by atoms with van der Waals surface area (Å²) in [6.45, 7) is 3.23. The van der Waals surface area contributed by atoms with E-state index in [1.165, 1.54) is 18.4 Å². The lowest BCUT2D eigenvalue weighted by Crippen LogP contribution is -2.35. The number of hydrogen-bond donors (Lipinski definition) is 1. The van der Waals surface area contributed by atoms with Gasteiger partial charge in [0.25, 0.3) is 0 Å². The Bertz CT molecular complexity index is 400. The van der Waals surface area contributed by atoms with Gasteiger partial charge in [-0.15, -0.1) is 0 Å². The van der Waals surface area contributed by atoms with E-state index in [9.17, 15) is 0 Å². The topological polar surface area (TPSA) is 39.7 Å². The highest BCUT2D eigenvalue weighted by molar-refractivity contribution is 5.54. The molecule has 2 rings (SSSR count). The molecule has 1 fully saturated rings. The van der Waals surface area contributed by atoms with E-state index in [4.69, 9.17) is 14.2 Å². The van der Waals surface area contributed by atoms with E-state index in [0.29, 0.717) is 17.7 Å². The maximum atomic E-state index is 5.41. The first-order chi connectivity index (χ1) is 9.19. The fourth-order valence-electron chi connectivity index (χ4n) is 2.62. The van der Waals surface area contributed by atoms with Crippen molar-refractivity contribution in [1.29, 1.82) is 0 Å². The van der Waals surface area contributed by atoms with Crippen LogP contribution in [0.5, 0.6) is 17.2 Å². The van der Waals surface area contributed by atoms with Crippen molar-refractivity contribution in [2.75, 3.05) is 27.9 Å². The van der Waals surface area contributed by atoms with Crippen LogP contribution in [-0.4, -0.2) is 33.9 Å². The van der Waals surface area contributed by atoms with Crippen LogP contribution in [0.4, 0.5) is 0 Å². The van der Waals surface area contributed by atoms with E-state index in [0.717, 1.165) is 18.0 Å². The normalized spacial score (nSPS) is 22.9. The Morgan fingerprint density at radius 1 is 1.00 bits per heavy atom. The Morgan fingerprint density at radius 3 is 2.05 bits per heavy atom. The lowest BCUT2D eigenvalue weighted by Gasteiger charge is -2.28. The monoisotopic (exact) mass is 265 g/mol. The van der Waals surface area contributed by atoms with Gasteiger partial charge in [0, 0.05) is 12.6 Å². The van der Waals surface area contributed by atoms with Crippen LogP contribution in [0.25, 0.3) is 0 Å². The molecule has 1 aromatic rings. The molecule has 19 heavy (non-hydrogen) atoms. The summed E-state index contributed by atoms with van der Waals surface area (Å²) in [7, 11) is 4.94. The van der Waals surface area contributed by atoms with Crippen molar-refractivity contribution in [2.24, 2.45) is 0 Å². The van der Waals surface area contributed by atoms with Gasteiger partial charge < -0.3 is 19.5 Å². The Hall–Kier alpha value is -1.42. The third kappa shape index (κ3) is 2.95. The van der Waals surface area contributed by atoms with Crippen molar-refractivity contribution in [3.8, 4) is 17.2 Å². The standard InChI is InChI=1S/C15H23NO3/c1-10-5-6-11(9-16-10)12-7-13(17-2)15(19-4)14(8-12)18-3/h7-8,10-11,16H,5-6,9H2,1-4H3. The molecule has 4 nitrogen and oxygen atoms in total. The van der Waals surface area contributed by atoms with E-state index in [1.807, 2.05) is 0 Å². The molecule has 1 aromatic carbocycles. The van der Waals surface area contributed by atoms with Crippen LogP contribution < -0.4 is 19.5 Å². The lowest BCUT2D eigenvalue weighted by molar-refractivity contribution is 0.321. The van der Waals surface area contributed by atoms with Crippen molar-refractivity contribution < 1.29 is 14.2 Å². The molecule has 1 aliphatic rings. The summed E-state index contributed by atoms with van der Waals surface area (Å²) in [5.74, 6) is 2.63. The molecule has 0 aliphatic carbocycles. The van der Waals surface area contributed by atoms with Gasteiger partial charge in [0.1, 0.15) is 0 Å². The molecule has 4 heteroatoms. The first-order valence-electron chi connectivity index (χ1n) is 6.72. The van der Waals surface area contributed by atoms with E-state index < -0.39 is 0 Å². The first-order valence-corrected chi connectivity index (χ1v) is 6.72. The maximum Gasteiger partial charge on any atom is 0.203 e. The molecular weight excluding hydrogens is 242 g/mol. The SMILES string of the molecule is COc1cc(C2CCC(C)NC2)cc(OC)c1OC. The number of nitrogens with one attached hydrogen (secondary N) is 1. The number of hydrogen-bond acceptors (Lipinski definition) is 4. The van der Waals surface area contributed by atoms with Gasteiger partial charge in [-0.05, 0) is 43.4 Å². The number of benzene rings is 1. The Kier molecular flexibility index (Phi) is 4.53. The van der Waals surface area contributed by atoms with Crippen LogP contribution in [0, 0.1) is 0 Å². The molecule has 1 heterocycles. The molecule has 0 aromatic heterocycles. The van der Waals surface area contributed by atoms with Gasteiger partial charge in [-0.3, -0.25) is 0 Å². The van der Waals surface area contributed by atoms with Crippen molar-refractivity contribution in [1.82, 2.24) is 5.32 Å². The van der Waals surface area contributed by atoms with Crippen LogP contribution in [-0.2, 0) is 0 Å². The van der Waals surface area contributed by atoms with Crippen LogP contribution in [0.3, 0.4) is 0 Å². The summed E-state index contributed by atoms with van der Waals surface area (Å²) in [6, 6.07) is 4.73. The second kappa shape index (κ2) is 6.15. The van der Waals surface area contributed by atoms with Gasteiger partial charge in [0.15, 0.2) is 11.5 Å². The molecule has 0 radical (unpaired) electrons. The van der Waals surface area contributed by atoms with Gasteiger partial charge in [-0.2, -0.15) is 0 Å². The number of piperidine rings is 1. The largest absolute Gasteiger partial charge is 0.493 e. The summed E-state index contributed by atoms with van der Waals surface area (Å²) in [5.41, 5.74) is 1.24. The van der Waals surface area contributed by atoms with Crippen LogP contribution in [0.2, 0.25) is 0 Å². The highest BCUT2D eigenvalue weighted by atomic mass is 16.5. The van der Waals surface area contributed by atoms with Crippen molar-refractivity contribution in [3.63, 3.8) is 0 Å².